The van der Waals surface area contributed by atoms with E-state index in [1.54, 1.807) is 0 Å². The molecule has 0 amide bonds. The molecule has 0 aromatic heterocycles. The average Bonchev–Trinajstić information content (AvgIpc) is 2.39. The molecule has 104 valence electrons. The van der Waals surface area contributed by atoms with Gasteiger partial charge in [-0.1, -0.05) is 30.4 Å². The molecule has 1 saturated heterocycles. The highest BCUT2D eigenvalue weighted by Gasteiger charge is 2.21. The third-order valence-electron chi connectivity index (χ3n) is 3.83. The van der Waals surface area contributed by atoms with E-state index in [-0.39, 0.29) is 0 Å². The van der Waals surface area contributed by atoms with Crippen LogP contribution in [0.4, 0.5) is 0 Å². The van der Waals surface area contributed by atoms with Gasteiger partial charge in [0.05, 0.1) is 0 Å². The molecule has 0 spiro atoms. The van der Waals surface area contributed by atoms with Crippen LogP contribution in [0, 0.1) is 0 Å². The molecule has 1 aromatic rings. The van der Waals surface area contributed by atoms with Gasteiger partial charge in [0.15, 0.2) is 0 Å². The van der Waals surface area contributed by atoms with Crippen molar-refractivity contribution in [3.63, 3.8) is 0 Å². The summed E-state index contributed by atoms with van der Waals surface area (Å²) in [6.07, 6.45) is 2.58. The Balaban J connectivity index is 2.00. The van der Waals surface area contributed by atoms with Crippen LogP contribution in [0.3, 0.4) is 0 Å². The van der Waals surface area contributed by atoms with Gasteiger partial charge in [0.2, 0.25) is 0 Å². The maximum Gasteiger partial charge on any atom is 0.103 e. The fraction of sp³-hybridized carbons (Fsp3) is 0.533. The van der Waals surface area contributed by atoms with Crippen LogP contribution in [-0.4, -0.2) is 48.0 Å². The molecule has 0 aliphatic carbocycles. The standard InChI is InChI=1S/C15H23N3S/c1-17(2)14-7-4-8-18(11-14)10-12-5-3-6-13(9-12)15(16)19/h3,5-6,9,14H,4,7-8,10-11H2,1-2H3,(H2,16,19). The van der Waals surface area contributed by atoms with Crippen LogP contribution in [0.15, 0.2) is 24.3 Å². The van der Waals surface area contributed by atoms with Crippen molar-refractivity contribution in [1.82, 2.24) is 9.80 Å². The van der Waals surface area contributed by atoms with E-state index in [9.17, 15) is 0 Å². The molecule has 4 heteroatoms. The molecule has 0 bridgehead atoms. The fourth-order valence-corrected chi connectivity index (χ4v) is 2.80. The number of benzene rings is 1. The first-order valence-corrected chi connectivity index (χ1v) is 7.24. The SMILES string of the molecule is CN(C)C1CCCN(Cc2cccc(C(N)=S)c2)C1. The van der Waals surface area contributed by atoms with Crippen LogP contribution < -0.4 is 5.73 Å². The second-order valence-electron chi connectivity index (χ2n) is 5.56. The molecule has 1 atom stereocenters. The summed E-state index contributed by atoms with van der Waals surface area (Å²) >= 11 is 5.04. The van der Waals surface area contributed by atoms with Gasteiger partial charge in [-0.3, -0.25) is 4.90 Å². The lowest BCUT2D eigenvalue weighted by molar-refractivity contribution is 0.128. The highest BCUT2D eigenvalue weighted by Crippen LogP contribution is 2.17. The number of likely N-dealkylation sites (tertiary alicyclic amines) is 1. The number of hydrogen-bond acceptors (Lipinski definition) is 3. The largest absolute Gasteiger partial charge is 0.389 e. The first-order chi connectivity index (χ1) is 9.06. The Bertz CT molecular complexity index is 445. The number of likely N-dealkylation sites (N-methyl/N-ethyl adjacent to an activating group) is 1. The molecular weight excluding hydrogens is 254 g/mol. The predicted molar refractivity (Wildman–Crippen MR) is 84.3 cm³/mol. The molecule has 2 rings (SSSR count). The Hall–Kier alpha value is -0.970. The minimum absolute atomic E-state index is 0.478. The molecule has 2 N–H and O–H groups in total. The number of thiocarbonyl (C=S) groups is 1. The normalized spacial score (nSPS) is 20.7. The summed E-state index contributed by atoms with van der Waals surface area (Å²) in [5.74, 6) is 0. The summed E-state index contributed by atoms with van der Waals surface area (Å²) in [5, 5.41) is 0. The van der Waals surface area contributed by atoms with E-state index >= 15 is 0 Å². The van der Waals surface area contributed by atoms with Gasteiger partial charge in [-0.25, -0.2) is 0 Å². The zero-order valence-electron chi connectivity index (χ0n) is 11.8. The van der Waals surface area contributed by atoms with Crippen LogP contribution in [-0.2, 0) is 6.54 Å². The van der Waals surface area contributed by atoms with Gasteiger partial charge in [-0.15, -0.1) is 0 Å². The monoisotopic (exact) mass is 277 g/mol. The predicted octanol–water partition coefficient (Wildman–Crippen LogP) is 1.85. The molecule has 19 heavy (non-hydrogen) atoms. The zero-order valence-corrected chi connectivity index (χ0v) is 12.6. The van der Waals surface area contributed by atoms with E-state index < -0.39 is 0 Å². The van der Waals surface area contributed by atoms with E-state index in [0.29, 0.717) is 11.0 Å². The number of nitrogens with two attached hydrogens (primary N) is 1. The molecule has 3 nitrogen and oxygen atoms in total. The minimum atomic E-state index is 0.478. The highest BCUT2D eigenvalue weighted by atomic mass is 32.1. The minimum Gasteiger partial charge on any atom is -0.389 e. The number of piperidine rings is 1. The number of rotatable bonds is 4. The van der Waals surface area contributed by atoms with Crippen LogP contribution >= 0.6 is 12.2 Å². The van der Waals surface area contributed by atoms with Crippen molar-refractivity contribution in [1.29, 1.82) is 0 Å². The number of nitrogens with zero attached hydrogens (tertiary/aromatic N) is 2. The van der Waals surface area contributed by atoms with Gasteiger partial charge >= 0.3 is 0 Å². The first kappa shape index (κ1) is 14.4. The summed E-state index contributed by atoms with van der Waals surface area (Å²) < 4.78 is 0. The van der Waals surface area contributed by atoms with Crippen molar-refractivity contribution in [2.24, 2.45) is 5.73 Å². The Morgan fingerprint density at radius 1 is 1.47 bits per heavy atom. The van der Waals surface area contributed by atoms with Crippen LogP contribution in [0.2, 0.25) is 0 Å². The zero-order chi connectivity index (χ0) is 13.8. The summed E-state index contributed by atoms with van der Waals surface area (Å²) in [6, 6.07) is 8.96. The second-order valence-corrected chi connectivity index (χ2v) is 6.00. The molecular formula is C15H23N3S. The van der Waals surface area contributed by atoms with E-state index in [4.69, 9.17) is 18.0 Å². The summed E-state index contributed by atoms with van der Waals surface area (Å²) in [4.78, 5) is 5.33. The molecule has 1 aromatic carbocycles. The third-order valence-corrected chi connectivity index (χ3v) is 4.06. The van der Waals surface area contributed by atoms with Gasteiger partial charge < -0.3 is 10.6 Å². The number of hydrogen-bond donors (Lipinski definition) is 1. The van der Waals surface area contributed by atoms with Gasteiger partial charge in [0, 0.05) is 24.7 Å². The van der Waals surface area contributed by atoms with Gasteiger partial charge in [-0.2, -0.15) is 0 Å². The van der Waals surface area contributed by atoms with Crippen LogP contribution in [0.5, 0.6) is 0 Å². The first-order valence-electron chi connectivity index (χ1n) is 6.84. The van der Waals surface area contributed by atoms with E-state index in [2.05, 4.69) is 36.0 Å². The second kappa shape index (κ2) is 6.46. The molecule has 1 heterocycles. The molecule has 0 radical (unpaired) electrons. The average molecular weight is 277 g/mol. The Labute approximate surface area is 121 Å². The van der Waals surface area contributed by atoms with Crippen molar-refractivity contribution < 1.29 is 0 Å². The molecule has 1 fully saturated rings. The quantitative estimate of drug-likeness (QED) is 0.851. The van der Waals surface area contributed by atoms with Crippen molar-refractivity contribution in [2.45, 2.75) is 25.4 Å². The maximum atomic E-state index is 5.69. The Kier molecular flexibility index (Phi) is 4.91. The summed E-state index contributed by atoms with van der Waals surface area (Å²) in [7, 11) is 4.34. The molecule has 1 aliphatic heterocycles. The van der Waals surface area contributed by atoms with Crippen LogP contribution in [0.1, 0.15) is 24.0 Å². The van der Waals surface area contributed by atoms with Crippen molar-refractivity contribution >= 4 is 17.2 Å². The smallest absolute Gasteiger partial charge is 0.103 e. The molecule has 0 saturated carbocycles. The lowest BCUT2D eigenvalue weighted by Gasteiger charge is -2.36. The lowest BCUT2D eigenvalue weighted by Crippen LogP contribution is -2.44. The van der Waals surface area contributed by atoms with Gasteiger partial charge in [-0.05, 0) is 45.1 Å². The van der Waals surface area contributed by atoms with E-state index in [0.717, 1.165) is 18.7 Å². The fourth-order valence-electron chi connectivity index (χ4n) is 2.68. The summed E-state index contributed by atoms with van der Waals surface area (Å²) in [5.41, 5.74) is 7.95. The molecule has 1 aliphatic rings. The third kappa shape index (κ3) is 4.00. The van der Waals surface area contributed by atoms with E-state index in [1.165, 1.54) is 24.9 Å². The Morgan fingerprint density at radius 3 is 2.95 bits per heavy atom. The highest BCUT2D eigenvalue weighted by molar-refractivity contribution is 7.80. The van der Waals surface area contributed by atoms with Gasteiger partial charge in [0.1, 0.15) is 4.99 Å². The van der Waals surface area contributed by atoms with Crippen molar-refractivity contribution in [3.05, 3.63) is 35.4 Å². The van der Waals surface area contributed by atoms with Crippen molar-refractivity contribution in [2.75, 3.05) is 27.2 Å². The topological polar surface area (TPSA) is 32.5 Å². The Morgan fingerprint density at radius 2 is 2.26 bits per heavy atom. The summed E-state index contributed by atoms with van der Waals surface area (Å²) in [6.45, 7) is 3.31. The van der Waals surface area contributed by atoms with Crippen molar-refractivity contribution in [3.8, 4) is 0 Å². The van der Waals surface area contributed by atoms with Gasteiger partial charge in [0.25, 0.3) is 0 Å². The van der Waals surface area contributed by atoms with Crippen LogP contribution in [0.25, 0.3) is 0 Å². The maximum absolute atomic E-state index is 5.69. The van der Waals surface area contributed by atoms with E-state index in [1.807, 2.05) is 12.1 Å². The molecule has 1 unspecified atom stereocenters. The lowest BCUT2D eigenvalue weighted by atomic mass is 10.0.